The van der Waals surface area contributed by atoms with Gasteiger partial charge >= 0.3 is 0 Å². The average molecular weight is 179 g/mol. The number of pyridine rings is 1. The Morgan fingerprint density at radius 2 is 2.38 bits per heavy atom. The van der Waals surface area contributed by atoms with Crippen LogP contribution >= 0.6 is 0 Å². The Balaban J connectivity index is 2.50. The van der Waals surface area contributed by atoms with Gasteiger partial charge in [0.2, 0.25) is 0 Å². The minimum atomic E-state index is 0.361. The van der Waals surface area contributed by atoms with E-state index in [0.717, 1.165) is 12.2 Å². The number of rotatable bonds is 4. The highest BCUT2D eigenvalue weighted by Crippen LogP contribution is 2.02. The van der Waals surface area contributed by atoms with Crippen LogP contribution in [0.15, 0.2) is 18.3 Å². The standard InChI is InChI=1S/C10H17N3/c1-8(6-11)13-7-10-4-3-5-12-9(10)2/h3-5,8,13H,6-7,11H2,1-2H3/t8-/m1/s1. The summed E-state index contributed by atoms with van der Waals surface area (Å²) < 4.78 is 0. The molecule has 3 heteroatoms. The molecule has 0 saturated heterocycles. The van der Waals surface area contributed by atoms with Crippen molar-refractivity contribution in [2.24, 2.45) is 5.73 Å². The summed E-state index contributed by atoms with van der Waals surface area (Å²) in [6.45, 7) is 5.60. The second kappa shape index (κ2) is 4.94. The van der Waals surface area contributed by atoms with E-state index in [1.165, 1.54) is 5.56 Å². The Kier molecular flexibility index (Phi) is 3.86. The van der Waals surface area contributed by atoms with Crippen molar-refractivity contribution in [3.05, 3.63) is 29.6 Å². The Morgan fingerprint density at radius 1 is 1.62 bits per heavy atom. The maximum absolute atomic E-state index is 5.50. The third-order valence-electron chi connectivity index (χ3n) is 2.11. The largest absolute Gasteiger partial charge is 0.329 e. The molecular formula is C10H17N3. The van der Waals surface area contributed by atoms with Crippen molar-refractivity contribution in [2.75, 3.05) is 6.54 Å². The minimum absolute atomic E-state index is 0.361. The zero-order chi connectivity index (χ0) is 9.68. The van der Waals surface area contributed by atoms with E-state index in [2.05, 4.69) is 23.3 Å². The fraction of sp³-hybridized carbons (Fsp3) is 0.500. The quantitative estimate of drug-likeness (QED) is 0.719. The molecule has 1 heterocycles. The lowest BCUT2D eigenvalue weighted by Gasteiger charge is -2.11. The number of hydrogen-bond donors (Lipinski definition) is 2. The van der Waals surface area contributed by atoms with Crippen LogP contribution in [0.5, 0.6) is 0 Å². The third kappa shape index (κ3) is 3.13. The summed E-state index contributed by atoms with van der Waals surface area (Å²) in [5.74, 6) is 0. The van der Waals surface area contributed by atoms with Gasteiger partial charge in [0.15, 0.2) is 0 Å². The highest BCUT2D eigenvalue weighted by molar-refractivity contribution is 5.17. The van der Waals surface area contributed by atoms with E-state index in [0.29, 0.717) is 12.6 Å². The molecule has 13 heavy (non-hydrogen) atoms. The molecule has 0 fully saturated rings. The molecule has 0 aliphatic heterocycles. The lowest BCUT2D eigenvalue weighted by Crippen LogP contribution is -2.32. The van der Waals surface area contributed by atoms with E-state index in [1.807, 2.05) is 19.2 Å². The van der Waals surface area contributed by atoms with E-state index in [9.17, 15) is 0 Å². The van der Waals surface area contributed by atoms with Crippen molar-refractivity contribution in [1.29, 1.82) is 0 Å². The number of hydrogen-bond acceptors (Lipinski definition) is 3. The van der Waals surface area contributed by atoms with Crippen molar-refractivity contribution >= 4 is 0 Å². The van der Waals surface area contributed by atoms with Crippen LogP contribution in [0.4, 0.5) is 0 Å². The molecule has 1 atom stereocenters. The Morgan fingerprint density at radius 3 is 3.00 bits per heavy atom. The molecule has 0 aliphatic carbocycles. The summed E-state index contributed by atoms with van der Waals surface area (Å²) in [5.41, 5.74) is 7.82. The summed E-state index contributed by atoms with van der Waals surface area (Å²) >= 11 is 0. The van der Waals surface area contributed by atoms with Gasteiger partial charge in [0, 0.05) is 31.0 Å². The van der Waals surface area contributed by atoms with Crippen LogP contribution in [0.2, 0.25) is 0 Å². The van der Waals surface area contributed by atoms with Gasteiger partial charge in [-0.15, -0.1) is 0 Å². The SMILES string of the molecule is Cc1ncccc1CN[C@H](C)CN. The van der Waals surface area contributed by atoms with Crippen molar-refractivity contribution in [3.63, 3.8) is 0 Å². The zero-order valence-corrected chi connectivity index (χ0v) is 8.25. The van der Waals surface area contributed by atoms with Gasteiger partial charge in [-0.2, -0.15) is 0 Å². The Bertz CT molecular complexity index is 260. The van der Waals surface area contributed by atoms with Crippen molar-refractivity contribution in [2.45, 2.75) is 26.4 Å². The summed E-state index contributed by atoms with van der Waals surface area (Å²) in [7, 11) is 0. The fourth-order valence-electron chi connectivity index (χ4n) is 1.07. The van der Waals surface area contributed by atoms with Crippen LogP contribution in [-0.4, -0.2) is 17.6 Å². The molecule has 0 bridgehead atoms. The molecule has 3 N–H and O–H groups in total. The van der Waals surface area contributed by atoms with Crippen LogP contribution in [-0.2, 0) is 6.54 Å². The van der Waals surface area contributed by atoms with Gasteiger partial charge in [-0.3, -0.25) is 4.98 Å². The first-order valence-corrected chi connectivity index (χ1v) is 4.58. The number of aryl methyl sites for hydroxylation is 1. The summed E-state index contributed by atoms with van der Waals surface area (Å²) in [6, 6.07) is 4.40. The topological polar surface area (TPSA) is 50.9 Å². The average Bonchev–Trinajstić information content (AvgIpc) is 2.16. The van der Waals surface area contributed by atoms with Crippen molar-refractivity contribution in [3.8, 4) is 0 Å². The van der Waals surface area contributed by atoms with E-state index in [-0.39, 0.29) is 0 Å². The van der Waals surface area contributed by atoms with Gasteiger partial charge in [-0.05, 0) is 25.5 Å². The molecule has 3 nitrogen and oxygen atoms in total. The van der Waals surface area contributed by atoms with E-state index >= 15 is 0 Å². The minimum Gasteiger partial charge on any atom is -0.329 e. The van der Waals surface area contributed by atoms with Gasteiger partial charge in [0.1, 0.15) is 0 Å². The van der Waals surface area contributed by atoms with E-state index in [4.69, 9.17) is 5.73 Å². The van der Waals surface area contributed by atoms with Crippen LogP contribution < -0.4 is 11.1 Å². The molecule has 0 spiro atoms. The molecule has 72 valence electrons. The molecule has 0 amide bonds. The smallest absolute Gasteiger partial charge is 0.0417 e. The number of nitrogens with zero attached hydrogens (tertiary/aromatic N) is 1. The van der Waals surface area contributed by atoms with Gasteiger partial charge in [-0.25, -0.2) is 0 Å². The number of aromatic nitrogens is 1. The molecule has 0 unspecified atom stereocenters. The maximum Gasteiger partial charge on any atom is 0.0417 e. The van der Waals surface area contributed by atoms with Crippen LogP contribution in [0.1, 0.15) is 18.2 Å². The van der Waals surface area contributed by atoms with Crippen LogP contribution in [0, 0.1) is 6.92 Å². The first-order chi connectivity index (χ1) is 6.24. The Hall–Kier alpha value is -0.930. The Labute approximate surface area is 79.4 Å². The predicted octanol–water partition coefficient (Wildman–Crippen LogP) is 0.827. The van der Waals surface area contributed by atoms with Crippen LogP contribution in [0.25, 0.3) is 0 Å². The highest BCUT2D eigenvalue weighted by atomic mass is 14.9. The van der Waals surface area contributed by atoms with E-state index < -0.39 is 0 Å². The maximum atomic E-state index is 5.50. The van der Waals surface area contributed by atoms with Crippen molar-refractivity contribution in [1.82, 2.24) is 10.3 Å². The summed E-state index contributed by atoms with van der Waals surface area (Å²) in [4.78, 5) is 4.21. The summed E-state index contributed by atoms with van der Waals surface area (Å²) in [6.07, 6.45) is 1.81. The number of nitrogens with one attached hydrogen (secondary N) is 1. The normalized spacial score (nSPS) is 12.8. The first kappa shape index (κ1) is 10.2. The molecule has 0 radical (unpaired) electrons. The second-order valence-corrected chi connectivity index (χ2v) is 3.27. The lowest BCUT2D eigenvalue weighted by atomic mass is 10.2. The summed E-state index contributed by atoms with van der Waals surface area (Å²) in [5, 5.41) is 3.32. The van der Waals surface area contributed by atoms with Gasteiger partial charge in [-0.1, -0.05) is 6.07 Å². The molecule has 1 aromatic heterocycles. The third-order valence-corrected chi connectivity index (χ3v) is 2.11. The molecule has 0 aromatic carbocycles. The molecule has 0 aliphatic rings. The van der Waals surface area contributed by atoms with E-state index in [1.54, 1.807) is 0 Å². The van der Waals surface area contributed by atoms with Gasteiger partial charge in [0.05, 0.1) is 0 Å². The monoisotopic (exact) mass is 179 g/mol. The molecular weight excluding hydrogens is 162 g/mol. The fourth-order valence-corrected chi connectivity index (χ4v) is 1.07. The first-order valence-electron chi connectivity index (χ1n) is 4.58. The van der Waals surface area contributed by atoms with Gasteiger partial charge in [0.25, 0.3) is 0 Å². The molecule has 0 saturated carbocycles. The van der Waals surface area contributed by atoms with Gasteiger partial charge < -0.3 is 11.1 Å². The second-order valence-electron chi connectivity index (χ2n) is 3.27. The van der Waals surface area contributed by atoms with Crippen molar-refractivity contribution < 1.29 is 0 Å². The molecule has 1 aromatic rings. The lowest BCUT2D eigenvalue weighted by molar-refractivity contribution is 0.554. The predicted molar refractivity (Wildman–Crippen MR) is 54.3 cm³/mol. The zero-order valence-electron chi connectivity index (χ0n) is 8.25. The molecule has 1 rings (SSSR count). The highest BCUT2D eigenvalue weighted by Gasteiger charge is 2.00. The van der Waals surface area contributed by atoms with Crippen LogP contribution in [0.3, 0.4) is 0 Å². The number of nitrogens with two attached hydrogens (primary N) is 1.